The van der Waals surface area contributed by atoms with Crippen LogP contribution >= 0.6 is 11.6 Å². The predicted octanol–water partition coefficient (Wildman–Crippen LogP) is 4.37. The topological polar surface area (TPSA) is 59.8 Å². The summed E-state index contributed by atoms with van der Waals surface area (Å²) in [7, 11) is 0. The monoisotopic (exact) mass is 405 g/mol. The molecule has 0 atom stereocenters. The normalized spacial score (nSPS) is 15.0. The highest BCUT2D eigenvalue weighted by Crippen LogP contribution is 2.50. The molecule has 1 fully saturated rings. The number of aromatic amines is 1. The molecule has 1 aliphatic carbocycles. The van der Waals surface area contributed by atoms with Crippen molar-refractivity contribution in [3.8, 4) is 11.3 Å². The van der Waals surface area contributed by atoms with Gasteiger partial charge in [0.15, 0.2) is 0 Å². The Balaban J connectivity index is 1.67. The van der Waals surface area contributed by atoms with Crippen LogP contribution in [-0.2, 0) is 12.1 Å². The number of halogens is 1. The van der Waals surface area contributed by atoms with Gasteiger partial charge in [0.2, 0.25) is 0 Å². The van der Waals surface area contributed by atoms with Crippen molar-refractivity contribution in [2.24, 2.45) is 0 Å². The molecule has 1 saturated carbocycles. The molecule has 5 nitrogen and oxygen atoms in total. The van der Waals surface area contributed by atoms with Crippen LogP contribution in [0.1, 0.15) is 25.3 Å². The molecule has 1 N–H and O–H groups in total. The first kappa shape index (κ1) is 18.0. The van der Waals surface area contributed by atoms with Crippen molar-refractivity contribution < 1.29 is 0 Å². The van der Waals surface area contributed by atoms with Gasteiger partial charge in [-0.05, 0) is 66.6 Å². The molecule has 6 heteroatoms. The number of benzene rings is 2. The summed E-state index contributed by atoms with van der Waals surface area (Å²) in [5.74, 6) is 0. The number of nitrogens with zero attached hydrogens (tertiary/aromatic N) is 2. The summed E-state index contributed by atoms with van der Waals surface area (Å²) in [6.07, 6.45) is 3.55. The molecule has 1 aliphatic rings. The molecule has 0 radical (unpaired) electrons. The van der Waals surface area contributed by atoms with Crippen molar-refractivity contribution in [2.75, 3.05) is 0 Å². The molecule has 0 bridgehead atoms. The molecule has 146 valence electrons. The van der Waals surface area contributed by atoms with Crippen LogP contribution in [0.3, 0.4) is 0 Å². The Morgan fingerprint density at radius 2 is 1.79 bits per heavy atom. The second-order valence-corrected chi connectivity index (χ2v) is 7.98. The van der Waals surface area contributed by atoms with E-state index in [9.17, 15) is 9.59 Å². The fourth-order valence-electron chi connectivity index (χ4n) is 4.31. The Labute approximate surface area is 172 Å². The van der Waals surface area contributed by atoms with Gasteiger partial charge in [0.1, 0.15) is 0 Å². The van der Waals surface area contributed by atoms with Crippen LogP contribution in [-0.4, -0.2) is 14.1 Å². The molecule has 5 rings (SSSR count). The maximum absolute atomic E-state index is 12.8. The highest BCUT2D eigenvalue weighted by atomic mass is 35.5. The van der Waals surface area contributed by atoms with Crippen molar-refractivity contribution in [1.82, 2.24) is 14.1 Å². The first-order valence-electron chi connectivity index (χ1n) is 9.74. The number of aryl methyl sites for hydroxylation is 1. The van der Waals surface area contributed by atoms with E-state index in [0.717, 1.165) is 40.6 Å². The molecule has 29 heavy (non-hydrogen) atoms. The molecule has 2 aromatic heterocycles. The summed E-state index contributed by atoms with van der Waals surface area (Å²) in [6.45, 7) is 2.59. The molecular weight excluding hydrogens is 386 g/mol. The number of aromatic nitrogens is 3. The number of hydrogen-bond acceptors (Lipinski definition) is 2. The molecular formula is C23H20ClN3O2. The molecule has 0 aliphatic heterocycles. The van der Waals surface area contributed by atoms with Crippen molar-refractivity contribution in [2.45, 2.75) is 31.8 Å². The number of H-pyrrole nitrogens is 1. The Kier molecular flexibility index (Phi) is 4.03. The van der Waals surface area contributed by atoms with Gasteiger partial charge in [-0.25, -0.2) is 4.79 Å². The zero-order valence-corrected chi connectivity index (χ0v) is 16.7. The molecule has 2 aromatic carbocycles. The van der Waals surface area contributed by atoms with Crippen LogP contribution < -0.4 is 11.2 Å². The molecule has 0 unspecified atom stereocenters. The minimum atomic E-state index is -0.368. The van der Waals surface area contributed by atoms with Crippen LogP contribution in [0.15, 0.2) is 70.4 Å². The zero-order valence-electron chi connectivity index (χ0n) is 16.0. The standard InChI is InChI=1S/C23H20ClN3O2/c1-2-26-19-9-6-17(13-16(19)5-10-21(26)28)23(11-12-23)27-20(14-25-22(27)29)15-3-7-18(24)8-4-15/h3-10,13-14H,2,11-12H2,1H3,(H,25,29). The van der Waals surface area contributed by atoms with E-state index >= 15 is 0 Å². The van der Waals surface area contributed by atoms with Crippen LogP contribution in [0.25, 0.3) is 22.2 Å². The highest BCUT2D eigenvalue weighted by molar-refractivity contribution is 6.30. The average Bonchev–Trinajstić information content (AvgIpc) is 3.44. The highest BCUT2D eigenvalue weighted by Gasteiger charge is 2.48. The van der Waals surface area contributed by atoms with Gasteiger partial charge in [-0.1, -0.05) is 29.8 Å². The van der Waals surface area contributed by atoms with Crippen LogP contribution in [0.5, 0.6) is 0 Å². The second kappa shape index (κ2) is 6.49. The van der Waals surface area contributed by atoms with Gasteiger partial charge in [-0.3, -0.25) is 9.36 Å². The van der Waals surface area contributed by atoms with Crippen LogP contribution in [0, 0.1) is 0 Å². The summed E-state index contributed by atoms with van der Waals surface area (Å²) < 4.78 is 3.63. The van der Waals surface area contributed by atoms with E-state index in [2.05, 4.69) is 11.1 Å². The van der Waals surface area contributed by atoms with E-state index in [1.54, 1.807) is 16.8 Å². The van der Waals surface area contributed by atoms with Gasteiger partial charge in [0.05, 0.1) is 16.7 Å². The van der Waals surface area contributed by atoms with Gasteiger partial charge < -0.3 is 9.55 Å². The number of fused-ring (bicyclic) bond motifs is 1. The summed E-state index contributed by atoms with van der Waals surface area (Å²) in [6, 6.07) is 17.1. The fourth-order valence-corrected chi connectivity index (χ4v) is 4.43. The van der Waals surface area contributed by atoms with E-state index in [-0.39, 0.29) is 16.8 Å². The maximum Gasteiger partial charge on any atom is 0.326 e. The number of nitrogens with one attached hydrogen (secondary N) is 1. The lowest BCUT2D eigenvalue weighted by Gasteiger charge is -2.21. The Hall–Kier alpha value is -3.05. The van der Waals surface area contributed by atoms with Crippen molar-refractivity contribution >= 4 is 22.5 Å². The minimum absolute atomic E-state index is 0.000707. The lowest BCUT2D eigenvalue weighted by atomic mass is 10.0. The minimum Gasteiger partial charge on any atom is -0.312 e. The third-order valence-electron chi connectivity index (χ3n) is 5.91. The van der Waals surface area contributed by atoms with Crippen molar-refractivity contribution in [3.05, 3.63) is 92.2 Å². The van der Waals surface area contributed by atoms with Gasteiger partial charge >= 0.3 is 5.69 Å². The SMILES string of the molecule is CCn1c(=O)ccc2cc(C3(n4c(-c5ccc(Cl)cc5)c[nH]c4=O)CC3)ccc21. The van der Waals surface area contributed by atoms with Gasteiger partial charge in [-0.15, -0.1) is 0 Å². The number of hydrogen-bond donors (Lipinski definition) is 1. The zero-order chi connectivity index (χ0) is 20.2. The van der Waals surface area contributed by atoms with Crippen molar-refractivity contribution in [1.29, 1.82) is 0 Å². The lowest BCUT2D eigenvalue weighted by Crippen LogP contribution is -2.30. The van der Waals surface area contributed by atoms with Gasteiger partial charge in [0, 0.05) is 23.8 Å². The van der Waals surface area contributed by atoms with Gasteiger partial charge in [0.25, 0.3) is 5.56 Å². The van der Waals surface area contributed by atoms with E-state index in [4.69, 9.17) is 11.6 Å². The first-order valence-corrected chi connectivity index (χ1v) is 10.1. The number of rotatable bonds is 4. The third-order valence-corrected chi connectivity index (χ3v) is 6.16. The number of pyridine rings is 1. The maximum atomic E-state index is 12.8. The molecule has 2 heterocycles. The van der Waals surface area contributed by atoms with Crippen LogP contribution in [0.2, 0.25) is 5.02 Å². The third kappa shape index (κ3) is 2.76. The molecule has 4 aromatic rings. The van der Waals surface area contributed by atoms with Gasteiger partial charge in [-0.2, -0.15) is 0 Å². The quantitative estimate of drug-likeness (QED) is 0.548. The molecule has 0 saturated heterocycles. The fraction of sp³-hybridized carbons (Fsp3) is 0.217. The summed E-state index contributed by atoms with van der Waals surface area (Å²) >= 11 is 6.03. The second-order valence-electron chi connectivity index (χ2n) is 7.54. The Morgan fingerprint density at radius 1 is 1.03 bits per heavy atom. The first-order chi connectivity index (χ1) is 14.0. The summed E-state index contributed by atoms with van der Waals surface area (Å²) in [5.41, 5.74) is 3.31. The lowest BCUT2D eigenvalue weighted by molar-refractivity contribution is 0.560. The number of imidazole rings is 1. The predicted molar refractivity (Wildman–Crippen MR) is 116 cm³/mol. The molecule has 0 spiro atoms. The summed E-state index contributed by atoms with van der Waals surface area (Å²) in [5, 5.41) is 1.67. The van der Waals surface area contributed by atoms with E-state index < -0.39 is 0 Å². The Morgan fingerprint density at radius 3 is 2.48 bits per heavy atom. The summed E-state index contributed by atoms with van der Waals surface area (Å²) in [4.78, 5) is 27.8. The average molecular weight is 406 g/mol. The largest absolute Gasteiger partial charge is 0.326 e. The van der Waals surface area contributed by atoms with Crippen molar-refractivity contribution in [3.63, 3.8) is 0 Å². The van der Waals surface area contributed by atoms with Crippen LogP contribution in [0.4, 0.5) is 0 Å². The van der Waals surface area contributed by atoms with E-state index in [1.807, 2.05) is 54.0 Å². The Bertz CT molecular complexity index is 1340. The van der Waals surface area contributed by atoms with E-state index in [0.29, 0.717) is 11.6 Å². The molecule has 0 amide bonds. The van der Waals surface area contributed by atoms with E-state index in [1.165, 1.54) is 0 Å². The smallest absolute Gasteiger partial charge is 0.312 e.